The van der Waals surface area contributed by atoms with Crippen LogP contribution in [0.1, 0.15) is 31.2 Å². The highest BCUT2D eigenvalue weighted by Gasteiger charge is 2.72. The molecule has 2 heterocycles. The number of benzene rings is 1. The van der Waals surface area contributed by atoms with E-state index in [1.807, 2.05) is 6.07 Å². The Kier molecular flexibility index (Phi) is 3.08. The zero-order valence-electron chi connectivity index (χ0n) is 11.4. The number of ether oxygens (including phenoxy) is 1. The van der Waals surface area contributed by atoms with E-state index in [4.69, 9.17) is 27.9 Å². The number of nitrogens with one attached hydrogen (secondary N) is 1. The fraction of sp³-hybridized carbons (Fsp3) is 0.625. The van der Waals surface area contributed by atoms with Gasteiger partial charge in [-0.05, 0) is 49.9 Å². The summed E-state index contributed by atoms with van der Waals surface area (Å²) in [4.78, 5) is 0. The molecule has 3 fully saturated rings. The van der Waals surface area contributed by atoms with Crippen molar-refractivity contribution in [3.05, 3.63) is 33.8 Å². The zero-order valence-corrected chi connectivity index (χ0v) is 12.9. The molecule has 3 aliphatic rings. The molecule has 0 amide bonds. The van der Waals surface area contributed by atoms with E-state index < -0.39 is 0 Å². The Labute approximate surface area is 129 Å². The molecular formula is C16H19Cl2NO. The minimum atomic E-state index is 0.251. The first-order valence-electron chi connectivity index (χ1n) is 7.46. The minimum Gasteiger partial charge on any atom is -0.378 e. The maximum absolute atomic E-state index is 6.24. The van der Waals surface area contributed by atoms with Crippen molar-refractivity contribution in [1.82, 2.24) is 5.32 Å². The molecule has 0 aromatic heterocycles. The van der Waals surface area contributed by atoms with E-state index in [2.05, 4.69) is 17.4 Å². The lowest BCUT2D eigenvalue weighted by Crippen LogP contribution is -2.44. The normalized spacial score (nSPS) is 39.6. The molecule has 108 valence electrons. The first-order chi connectivity index (χ1) is 9.68. The molecule has 2 saturated heterocycles. The first-order valence-corrected chi connectivity index (χ1v) is 8.21. The Morgan fingerprint density at radius 3 is 2.90 bits per heavy atom. The summed E-state index contributed by atoms with van der Waals surface area (Å²) in [7, 11) is 0. The van der Waals surface area contributed by atoms with E-state index in [1.54, 1.807) is 0 Å². The van der Waals surface area contributed by atoms with E-state index in [0.29, 0.717) is 16.1 Å². The van der Waals surface area contributed by atoms with Crippen LogP contribution in [0.4, 0.5) is 0 Å². The molecule has 2 nitrogen and oxygen atoms in total. The van der Waals surface area contributed by atoms with E-state index in [1.165, 1.54) is 31.2 Å². The van der Waals surface area contributed by atoms with E-state index in [-0.39, 0.29) is 10.8 Å². The second-order valence-electron chi connectivity index (χ2n) is 6.47. The Hall–Kier alpha value is -0.280. The standard InChI is InChI=1S/C16H19Cl2NO/c17-12-4-3-11(8-13(12)18)15-5-6-19-10-16(15,9-15)14-2-1-7-20-14/h3-4,8,14,19H,1-2,5-7,9-10H2/t14-,15-,16?/m1/s1. The van der Waals surface area contributed by atoms with Crippen LogP contribution in [-0.2, 0) is 10.2 Å². The molecular weight excluding hydrogens is 293 g/mol. The van der Waals surface area contributed by atoms with Gasteiger partial charge in [0.1, 0.15) is 0 Å². The summed E-state index contributed by atoms with van der Waals surface area (Å²) in [6, 6.07) is 6.18. The molecule has 3 atom stereocenters. The molecule has 4 rings (SSSR count). The summed E-state index contributed by atoms with van der Waals surface area (Å²) in [5.74, 6) is 0. The van der Waals surface area contributed by atoms with E-state index >= 15 is 0 Å². The van der Waals surface area contributed by atoms with Gasteiger partial charge in [-0.15, -0.1) is 0 Å². The highest BCUT2D eigenvalue weighted by molar-refractivity contribution is 6.42. The topological polar surface area (TPSA) is 21.3 Å². The van der Waals surface area contributed by atoms with Gasteiger partial charge >= 0.3 is 0 Å². The fourth-order valence-corrected chi connectivity index (χ4v) is 4.85. The number of hydrogen-bond donors (Lipinski definition) is 1. The third-order valence-corrected chi connectivity index (χ3v) is 6.37. The third kappa shape index (κ3) is 1.72. The lowest BCUT2D eigenvalue weighted by molar-refractivity contribution is 0.0329. The maximum Gasteiger partial charge on any atom is 0.0653 e. The second-order valence-corrected chi connectivity index (χ2v) is 7.29. The van der Waals surface area contributed by atoms with Gasteiger partial charge in [-0.25, -0.2) is 0 Å². The van der Waals surface area contributed by atoms with Crippen LogP contribution in [0.3, 0.4) is 0 Å². The predicted octanol–water partition coefficient (Wildman–Crippen LogP) is 3.79. The lowest BCUT2D eigenvalue weighted by atomic mass is 9.77. The molecule has 1 aliphatic carbocycles. The van der Waals surface area contributed by atoms with Crippen molar-refractivity contribution >= 4 is 23.2 Å². The number of halogens is 2. The quantitative estimate of drug-likeness (QED) is 0.897. The van der Waals surface area contributed by atoms with Gasteiger partial charge < -0.3 is 10.1 Å². The Morgan fingerprint density at radius 2 is 2.15 bits per heavy atom. The summed E-state index contributed by atoms with van der Waals surface area (Å²) in [5.41, 5.74) is 1.88. The van der Waals surface area contributed by atoms with Crippen molar-refractivity contribution in [2.75, 3.05) is 19.7 Å². The monoisotopic (exact) mass is 311 g/mol. The molecule has 1 saturated carbocycles. The average molecular weight is 312 g/mol. The first kappa shape index (κ1) is 13.4. The van der Waals surface area contributed by atoms with Crippen molar-refractivity contribution in [1.29, 1.82) is 0 Å². The summed E-state index contributed by atoms with van der Waals surface area (Å²) in [6.07, 6.45) is 5.19. The Morgan fingerprint density at radius 1 is 1.25 bits per heavy atom. The van der Waals surface area contributed by atoms with Crippen molar-refractivity contribution in [2.45, 2.75) is 37.2 Å². The summed E-state index contributed by atoms with van der Waals surface area (Å²) >= 11 is 12.3. The number of hydrogen-bond acceptors (Lipinski definition) is 2. The number of fused-ring (bicyclic) bond motifs is 1. The molecule has 1 unspecified atom stereocenters. The molecule has 1 aromatic rings. The van der Waals surface area contributed by atoms with Gasteiger partial charge in [-0.1, -0.05) is 29.3 Å². The van der Waals surface area contributed by atoms with Crippen LogP contribution >= 0.6 is 23.2 Å². The third-order valence-electron chi connectivity index (χ3n) is 5.63. The van der Waals surface area contributed by atoms with Gasteiger partial charge in [0.15, 0.2) is 0 Å². The zero-order chi connectivity index (χ0) is 13.8. The summed E-state index contributed by atoms with van der Waals surface area (Å²) < 4.78 is 6.04. The average Bonchev–Trinajstić information content (AvgIpc) is 2.86. The van der Waals surface area contributed by atoms with Crippen molar-refractivity contribution in [2.24, 2.45) is 5.41 Å². The van der Waals surface area contributed by atoms with Crippen molar-refractivity contribution < 1.29 is 4.74 Å². The highest BCUT2D eigenvalue weighted by Crippen LogP contribution is 2.71. The lowest BCUT2D eigenvalue weighted by Gasteiger charge is -2.35. The van der Waals surface area contributed by atoms with Crippen LogP contribution in [0.25, 0.3) is 0 Å². The molecule has 0 spiro atoms. The molecule has 2 aliphatic heterocycles. The molecule has 0 bridgehead atoms. The summed E-state index contributed by atoms with van der Waals surface area (Å²) in [6.45, 7) is 3.07. The molecule has 4 heteroatoms. The number of piperidine rings is 1. The smallest absolute Gasteiger partial charge is 0.0653 e. The SMILES string of the molecule is Clc1ccc([C@]23CCNCC2([C@H]2CCCO2)C3)cc1Cl. The number of rotatable bonds is 2. The predicted molar refractivity (Wildman–Crippen MR) is 81.7 cm³/mol. The van der Waals surface area contributed by atoms with Gasteiger partial charge in [0.2, 0.25) is 0 Å². The van der Waals surface area contributed by atoms with Gasteiger partial charge in [-0.2, -0.15) is 0 Å². The van der Waals surface area contributed by atoms with Crippen molar-refractivity contribution in [3.8, 4) is 0 Å². The Bertz CT molecular complexity index is 543. The van der Waals surface area contributed by atoms with Crippen LogP contribution in [0, 0.1) is 5.41 Å². The van der Waals surface area contributed by atoms with E-state index in [9.17, 15) is 0 Å². The molecule has 20 heavy (non-hydrogen) atoms. The van der Waals surface area contributed by atoms with Gasteiger partial charge in [0.25, 0.3) is 0 Å². The largest absolute Gasteiger partial charge is 0.378 e. The van der Waals surface area contributed by atoms with Crippen LogP contribution < -0.4 is 5.32 Å². The van der Waals surface area contributed by atoms with Crippen LogP contribution in [-0.4, -0.2) is 25.8 Å². The molecule has 1 aromatic carbocycles. The van der Waals surface area contributed by atoms with Gasteiger partial charge in [-0.3, -0.25) is 0 Å². The van der Waals surface area contributed by atoms with Crippen LogP contribution in [0.2, 0.25) is 10.0 Å². The van der Waals surface area contributed by atoms with Gasteiger partial charge in [0.05, 0.1) is 16.1 Å². The van der Waals surface area contributed by atoms with E-state index in [0.717, 1.165) is 19.7 Å². The van der Waals surface area contributed by atoms with Crippen LogP contribution in [0.5, 0.6) is 0 Å². The highest BCUT2D eigenvalue weighted by atomic mass is 35.5. The second kappa shape index (κ2) is 4.61. The maximum atomic E-state index is 6.24. The minimum absolute atomic E-state index is 0.251. The molecule has 0 radical (unpaired) electrons. The van der Waals surface area contributed by atoms with Gasteiger partial charge in [0, 0.05) is 24.0 Å². The summed E-state index contributed by atoms with van der Waals surface area (Å²) in [5, 5.41) is 4.89. The van der Waals surface area contributed by atoms with Crippen molar-refractivity contribution in [3.63, 3.8) is 0 Å². The molecule has 1 N–H and O–H groups in total. The Balaban J connectivity index is 1.73. The van der Waals surface area contributed by atoms with Crippen LogP contribution in [0.15, 0.2) is 18.2 Å². The fourth-order valence-electron chi connectivity index (χ4n) is 4.55.